The molecule has 0 bridgehead atoms. The van der Waals surface area contributed by atoms with Crippen LogP contribution in [0.25, 0.3) is 16.5 Å². The summed E-state index contributed by atoms with van der Waals surface area (Å²) in [5.74, 6) is 0.0305. The number of carboxylic acids is 1. The van der Waals surface area contributed by atoms with Crippen molar-refractivity contribution >= 4 is 28.3 Å². The van der Waals surface area contributed by atoms with Crippen LogP contribution in [-0.4, -0.2) is 25.4 Å². The van der Waals surface area contributed by atoms with Gasteiger partial charge in [0.25, 0.3) is 0 Å². The zero-order chi connectivity index (χ0) is 27.4. The Labute approximate surface area is 230 Å². The fraction of sp³-hybridized carbons (Fsp3) is 0.194. The van der Waals surface area contributed by atoms with Crippen LogP contribution < -0.4 is 10.4 Å². The molecule has 0 aliphatic heterocycles. The Kier molecular flexibility index (Phi) is 7.79. The highest BCUT2D eigenvalue weighted by Crippen LogP contribution is 2.29. The van der Waals surface area contributed by atoms with Crippen molar-refractivity contribution in [3.05, 3.63) is 123 Å². The lowest BCUT2D eigenvalue weighted by molar-refractivity contribution is -0.145. The van der Waals surface area contributed by atoms with Gasteiger partial charge in [-0.25, -0.2) is 9.59 Å². The number of benzene rings is 4. The molecule has 39 heavy (non-hydrogen) atoms. The predicted molar refractivity (Wildman–Crippen MR) is 152 cm³/mol. The summed E-state index contributed by atoms with van der Waals surface area (Å²) < 4.78 is 8.96. The van der Waals surface area contributed by atoms with Crippen molar-refractivity contribution in [1.29, 1.82) is 0 Å². The topological polar surface area (TPSA) is 86.4 Å². The van der Waals surface area contributed by atoms with E-state index in [0.717, 1.165) is 29.2 Å². The van der Waals surface area contributed by atoms with Gasteiger partial charge in [0.1, 0.15) is 11.6 Å². The summed E-state index contributed by atoms with van der Waals surface area (Å²) in [6.45, 7) is 2.41. The van der Waals surface area contributed by atoms with Crippen molar-refractivity contribution in [3.8, 4) is 11.4 Å². The van der Waals surface area contributed by atoms with Gasteiger partial charge in [-0.1, -0.05) is 91.7 Å². The Morgan fingerprint density at radius 3 is 2.44 bits per heavy atom. The minimum atomic E-state index is -1.17. The van der Waals surface area contributed by atoms with Gasteiger partial charge in [0.2, 0.25) is 6.10 Å². The molecule has 8 heteroatoms. The number of rotatable bonds is 10. The predicted octanol–water partition coefficient (Wildman–Crippen LogP) is 6.44. The number of carbonyl (C=O) groups is 1. The Balaban J connectivity index is 1.41. The Bertz CT molecular complexity index is 1670. The van der Waals surface area contributed by atoms with Crippen molar-refractivity contribution in [3.63, 3.8) is 0 Å². The maximum atomic E-state index is 13.4. The summed E-state index contributed by atoms with van der Waals surface area (Å²) in [7, 11) is 0. The molecule has 0 fully saturated rings. The van der Waals surface area contributed by atoms with E-state index in [1.165, 1.54) is 4.68 Å². The van der Waals surface area contributed by atoms with Crippen LogP contribution >= 0.6 is 11.6 Å². The summed E-state index contributed by atoms with van der Waals surface area (Å²) in [6.07, 6.45) is 1.37. The molecule has 0 aliphatic carbocycles. The zero-order valence-corrected chi connectivity index (χ0v) is 22.2. The monoisotopic (exact) mass is 541 g/mol. The number of halogens is 1. The van der Waals surface area contributed by atoms with E-state index in [1.54, 1.807) is 34.9 Å². The summed E-state index contributed by atoms with van der Waals surface area (Å²) in [5, 5.41) is 16.8. The van der Waals surface area contributed by atoms with Gasteiger partial charge in [-0.2, -0.15) is 4.68 Å². The van der Waals surface area contributed by atoms with E-state index in [2.05, 4.69) is 12.0 Å². The quantitative estimate of drug-likeness (QED) is 0.220. The number of unbranched alkanes of at least 4 members (excludes halogenated alkanes) is 1. The number of ether oxygens (including phenoxy) is 1. The van der Waals surface area contributed by atoms with Gasteiger partial charge in [0.15, 0.2) is 0 Å². The lowest BCUT2D eigenvalue weighted by Crippen LogP contribution is -2.25. The van der Waals surface area contributed by atoms with E-state index in [1.807, 2.05) is 60.7 Å². The largest absolute Gasteiger partial charge is 0.478 e. The van der Waals surface area contributed by atoms with Crippen molar-refractivity contribution in [2.45, 2.75) is 38.8 Å². The highest BCUT2D eigenvalue weighted by Gasteiger charge is 2.24. The molecule has 1 unspecified atom stereocenters. The van der Waals surface area contributed by atoms with Crippen LogP contribution in [-0.2, 0) is 17.8 Å². The third-order valence-corrected chi connectivity index (χ3v) is 6.94. The molecule has 198 valence electrons. The fourth-order valence-corrected chi connectivity index (χ4v) is 4.83. The number of fused-ring (bicyclic) bond motifs is 1. The van der Waals surface area contributed by atoms with Crippen LogP contribution in [0.5, 0.6) is 5.75 Å². The van der Waals surface area contributed by atoms with Crippen LogP contribution in [0.4, 0.5) is 0 Å². The molecule has 0 saturated carbocycles. The first kappa shape index (κ1) is 26.3. The first-order chi connectivity index (χ1) is 19.0. The summed E-state index contributed by atoms with van der Waals surface area (Å²) in [5.41, 5.74) is 1.72. The molecule has 0 spiro atoms. The van der Waals surface area contributed by atoms with E-state index in [-0.39, 0.29) is 5.69 Å². The molecule has 5 aromatic rings. The average molecular weight is 542 g/mol. The molecule has 0 saturated heterocycles. The molecule has 4 aromatic carbocycles. The van der Waals surface area contributed by atoms with E-state index in [4.69, 9.17) is 16.3 Å². The SMILES string of the molecule is CCCCc1nn(-c2ccccc2Cl)c(=O)n1Cc1ccc(OC(C(=O)O)c2cccc3ccccc23)cc1. The van der Waals surface area contributed by atoms with Gasteiger partial charge in [-0.15, -0.1) is 5.10 Å². The second-order valence-electron chi connectivity index (χ2n) is 9.30. The van der Waals surface area contributed by atoms with Gasteiger partial charge in [-0.05, 0) is 47.0 Å². The molecule has 5 rings (SSSR count). The number of aromatic nitrogens is 3. The van der Waals surface area contributed by atoms with Gasteiger partial charge in [0, 0.05) is 12.0 Å². The number of para-hydroxylation sites is 1. The summed E-state index contributed by atoms with van der Waals surface area (Å²) >= 11 is 6.35. The minimum absolute atomic E-state index is 0.267. The third kappa shape index (κ3) is 5.59. The second kappa shape index (κ2) is 11.6. The van der Waals surface area contributed by atoms with Crippen molar-refractivity contribution in [1.82, 2.24) is 14.3 Å². The zero-order valence-electron chi connectivity index (χ0n) is 21.5. The van der Waals surface area contributed by atoms with Crippen molar-refractivity contribution in [2.75, 3.05) is 0 Å². The molecular formula is C31H28ClN3O4. The standard InChI is InChI=1S/C31H28ClN3O4/c1-2-3-15-28-33-35(27-14-7-6-13-26(27)32)31(38)34(28)20-21-16-18-23(19-17-21)39-29(30(36)37)25-12-8-10-22-9-4-5-11-24(22)25/h4-14,16-19,29H,2-3,15,20H2,1H3,(H,36,37). The van der Waals surface area contributed by atoms with E-state index < -0.39 is 12.1 Å². The normalized spacial score (nSPS) is 11.9. The lowest BCUT2D eigenvalue weighted by Gasteiger charge is -2.18. The number of aliphatic carboxylic acids is 1. The number of hydrogen-bond donors (Lipinski definition) is 1. The molecule has 1 atom stereocenters. The molecule has 1 heterocycles. The van der Waals surface area contributed by atoms with Crippen LogP contribution in [0.3, 0.4) is 0 Å². The van der Waals surface area contributed by atoms with E-state index >= 15 is 0 Å². The molecule has 0 radical (unpaired) electrons. The number of hydrogen-bond acceptors (Lipinski definition) is 4. The fourth-order valence-electron chi connectivity index (χ4n) is 4.61. The highest BCUT2D eigenvalue weighted by molar-refractivity contribution is 6.32. The molecule has 1 aromatic heterocycles. The first-order valence-electron chi connectivity index (χ1n) is 12.9. The molecule has 1 N–H and O–H groups in total. The maximum Gasteiger partial charge on any atom is 0.351 e. The van der Waals surface area contributed by atoms with Gasteiger partial charge in [0.05, 0.1) is 17.3 Å². The average Bonchev–Trinajstić information content (AvgIpc) is 3.25. The maximum absolute atomic E-state index is 13.4. The Morgan fingerprint density at radius 2 is 1.69 bits per heavy atom. The van der Waals surface area contributed by atoms with Crippen LogP contribution in [0, 0.1) is 0 Å². The highest BCUT2D eigenvalue weighted by atomic mass is 35.5. The molecule has 7 nitrogen and oxygen atoms in total. The van der Waals surface area contributed by atoms with Crippen molar-refractivity contribution in [2.24, 2.45) is 0 Å². The molecule has 0 aliphatic rings. The van der Waals surface area contributed by atoms with Gasteiger partial charge < -0.3 is 9.84 Å². The van der Waals surface area contributed by atoms with E-state index in [0.29, 0.717) is 40.8 Å². The number of aryl methyl sites for hydroxylation is 1. The Morgan fingerprint density at radius 1 is 0.974 bits per heavy atom. The minimum Gasteiger partial charge on any atom is -0.478 e. The van der Waals surface area contributed by atoms with E-state index in [9.17, 15) is 14.7 Å². The van der Waals surface area contributed by atoms with Crippen molar-refractivity contribution < 1.29 is 14.6 Å². The Hall–Kier alpha value is -4.36. The second-order valence-corrected chi connectivity index (χ2v) is 9.71. The lowest BCUT2D eigenvalue weighted by atomic mass is 10.0. The van der Waals surface area contributed by atoms with Gasteiger partial charge >= 0.3 is 11.7 Å². The van der Waals surface area contributed by atoms with Gasteiger partial charge in [-0.3, -0.25) is 4.57 Å². The summed E-state index contributed by atoms with van der Waals surface area (Å²) in [6, 6.07) is 27.4. The first-order valence-corrected chi connectivity index (χ1v) is 13.2. The van der Waals surface area contributed by atoms with Crippen LogP contribution in [0.1, 0.15) is 42.8 Å². The molecule has 0 amide bonds. The van der Waals surface area contributed by atoms with Crippen LogP contribution in [0.15, 0.2) is 95.8 Å². The number of nitrogens with zero attached hydrogens (tertiary/aromatic N) is 3. The molecular weight excluding hydrogens is 514 g/mol. The van der Waals surface area contributed by atoms with Crippen LogP contribution in [0.2, 0.25) is 5.02 Å². The third-order valence-electron chi connectivity index (χ3n) is 6.62. The summed E-state index contributed by atoms with van der Waals surface area (Å²) in [4.78, 5) is 25.6. The number of carboxylic acid groups (broad SMARTS) is 1. The smallest absolute Gasteiger partial charge is 0.351 e.